The molecular weight excluding hydrogens is 218 g/mol. The first-order valence-electron chi connectivity index (χ1n) is 5.80. The van der Waals surface area contributed by atoms with E-state index in [0.717, 1.165) is 38.3 Å². The molecule has 0 saturated heterocycles. The van der Waals surface area contributed by atoms with Crippen molar-refractivity contribution in [3.05, 3.63) is 24.5 Å². The average Bonchev–Trinajstić information content (AvgIpc) is 2.98. The summed E-state index contributed by atoms with van der Waals surface area (Å²) in [6.07, 6.45) is 6.31. The Hall–Kier alpha value is -1.76. The van der Waals surface area contributed by atoms with Gasteiger partial charge in [-0.3, -0.25) is 9.36 Å². The highest BCUT2D eigenvalue weighted by atomic mass is 15.4. The maximum atomic E-state index is 4.09. The molecule has 92 valence electrons. The van der Waals surface area contributed by atoms with Crippen LogP contribution in [0.4, 0.5) is 0 Å². The molecule has 0 aliphatic rings. The van der Waals surface area contributed by atoms with Crippen LogP contribution in [-0.4, -0.2) is 36.3 Å². The van der Waals surface area contributed by atoms with Gasteiger partial charge in [-0.15, -0.1) is 5.10 Å². The van der Waals surface area contributed by atoms with E-state index in [1.165, 1.54) is 6.33 Å². The smallest absolute Gasteiger partial charge is 0.137 e. The Morgan fingerprint density at radius 3 is 2.94 bits per heavy atom. The molecule has 0 aliphatic heterocycles. The molecule has 7 heteroatoms. The van der Waals surface area contributed by atoms with Crippen LogP contribution in [0.3, 0.4) is 0 Å². The van der Waals surface area contributed by atoms with Crippen LogP contribution in [0.5, 0.6) is 0 Å². The van der Waals surface area contributed by atoms with Crippen molar-refractivity contribution in [2.75, 3.05) is 6.54 Å². The van der Waals surface area contributed by atoms with E-state index in [0.29, 0.717) is 0 Å². The fraction of sp³-hybridized carbons (Fsp3) is 0.600. The van der Waals surface area contributed by atoms with Crippen molar-refractivity contribution in [3.63, 3.8) is 0 Å². The molecule has 2 aromatic rings. The average molecular weight is 235 g/mol. The van der Waals surface area contributed by atoms with Gasteiger partial charge < -0.3 is 5.32 Å². The van der Waals surface area contributed by atoms with E-state index in [2.05, 4.69) is 32.6 Å². The van der Waals surface area contributed by atoms with Crippen LogP contribution >= 0.6 is 0 Å². The Morgan fingerprint density at radius 1 is 1.29 bits per heavy atom. The van der Waals surface area contributed by atoms with Gasteiger partial charge in [0.05, 0.1) is 18.8 Å². The lowest BCUT2D eigenvalue weighted by Gasteiger charge is -1.99. The standard InChI is InChI=1S/C10H17N7/c1-2-3-11-6-10-7-16(15-14-10)4-5-17-9-12-8-13-17/h7-9,11H,2-6H2,1H3. The van der Waals surface area contributed by atoms with Crippen LogP contribution in [0.15, 0.2) is 18.9 Å². The van der Waals surface area contributed by atoms with Crippen molar-refractivity contribution >= 4 is 0 Å². The highest BCUT2D eigenvalue weighted by Crippen LogP contribution is 1.94. The molecule has 2 aromatic heterocycles. The van der Waals surface area contributed by atoms with E-state index in [1.807, 2.05) is 10.9 Å². The SMILES string of the molecule is CCCNCc1cn(CCn2cncn2)nn1. The van der Waals surface area contributed by atoms with E-state index >= 15 is 0 Å². The van der Waals surface area contributed by atoms with Crippen LogP contribution < -0.4 is 5.32 Å². The summed E-state index contributed by atoms with van der Waals surface area (Å²) in [6.45, 7) is 5.43. The first kappa shape index (κ1) is 11.7. The lowest BCUT2D eigenvalue weighted by atomic mass is 10.4. The minimum atomic E-state index is 0.754. The highest BCUT2D eigenvalue weighted by molar-refractivity contribution is 4.91. The molecule has 17 heavy (non-hydrogen) atoms. The van der Waals surface area contributed by atoms with Crippen molar-refractivity contribution in [2.24, 2.45) is 0 Å². The van der Waals surface area contributed by atoms with Gasteiger partial charge >= 0.3 is 0 Å². The number of hydrogen-bond donors (Lipinski definition) is 1. The summed E-state index contributed by atoms with van der Waals surface area (Å²) >= 11 is 0. The Labute approximate surface area is 99.9 Å². The zero-order valence-corrected chi connectivity index (χ0v) is 9.95. The number of hydrogen-bond acceptors (Lipinski definition) is 5. The predicted molar refractivity (Wildman–Crippen MR) is 62.0 cm³/mol. The zero-order valence-electron chi connectivity index (χ0n) is 9.95. The number of aromatic nitrogens is 6. The van der Waals surface area contributed by atoms with Crippen molar-refractivity contribution < 1.29 is 0 Å². The molecule has 2 rings (SSSR count). The largest absolute Gasteiger partial charge is 0.311 e. The van der Waals surface area contributed by atoms with Gasteiger partial charge in [-0.05, 0) is 13.0 Å². The summed E-state index contributed by atoms with van der Waals surface area (Å²) < 4.78 is 3.60. The quantitative estimate of drug-likeness (QED) is 0.687. The Balaban J connectivity index is 1.77. The third kappa shape index (κ3) is 3.63. The summed E-state index contributed by atoms with van der Waals surface area (Å²) in [5.41, 5.74) is 0.969. The van der Waals surface area contributed by atoms with Gasteiger partial charge in [0.2, 0.25) is 0 Å². The van der Waals surface area contributed by atoms with Crippen molar-refractivity contribution in [2.45, 2.75) is 33.0 Å². The number of nitrogens with zero attached hydrogens (tertiary/aromatic N) is 6. The van der Waals surface area contributed by atoms with Crippen LogP contribution in [0.25, 0.3) is 0 Å². The molecule has 1 N–H and O–H groups in total. The topological polar surface area (TPSA) is 73.5 Å². The van der Waals surface area contributed by atoms with Crippen LogP contribution in [0.1, 0.15) is 19.0 Å². The number of aryl methyl sites for hydroxylation is 2. The maximum absolute atomic E-state index is 4.09. The Morgan fingerprint density at radius 2 is 2.18 bits per heavy atom. The Kier molecular flexibility index (Phi) is 4.20. The van der Waals surface area contributed by atoms with Gasteiger partial charge in [-0.2, -0.15) is 5.10 Å². The first-order chi connectivity index (χ1) is 8.38. The molecule has 0 atom stereocenters. The van der Waals surface area contributed by atoms with Crippen LogP contribution in [-0.2, 0) is 19.6 Å². The summed E-state index contributed by atoms with van der Waals surface area (Å²) in [4.78, 5) is 3.89. The first-order valence-corrected chi connectivity index (χ1v) is 5.80. The molecule has 0 spiro atoms. The van der Waals surface area contributed by atoms with Crippen LogP contribution in [0.2, 0.25) is 0 Å². The molecular formula is C10H17N7. The third-order valence-electron chi connectivity index (χ3n) is 2.34. The summed E-state index contributed by atoms with van der Waals surface area (Å²) in [6, 6.07) is 0. The normalized spacial score (nSPS) is 10.9. The van der Waals surface area contributed by atoms with Crippen molar-refractivity contribution in [1.82, 2.24) is 35.1 Å². The highest BCUT2D eigenvalue weighted by Gasteiger charge is 2.00. The lowest BCUT2D eigenvalue weighted by Crippen LogP contribution is -2.14. The van der Waals surface area contributed by atoms with Crippen molar-refractivity contribution in [1.29, 1.82) is 0 Å². The van der Waals surface area contributed by atoms with Gasteiger partial charge in [0, 0.05) is 12.7 Å². The molecule has 0 unspecified atom stereocenters. The van der Waals surface area contributed by atoms with Gasteiger partial charge in [-0.1, -0.05) is 12.1 Å². The molecule has 0 saturated carbocycles. The van der Waals surface area contributed by atoms with Gasteiger partial charge in [0.15, 0.2) is 0 Å². The van der Waals surface area contributed by atoms with Gasteiger partial charge in [0.1, 0.15) is 12.7 Å². The molecule has 0 fully saturated rings. The monoisotopic (exact) mass is 235 g/mol. The third-order valence-corrected chi connectivity index (χ3v) is 2.34. The van der Waals surface area contributed by atoms with Gasteiger partial charge in [0.25, 0.3) is 0 Å². The van der Waals surface area contributed by atoms with E-state index < -0.39 is 0 Å². The molecule has 0 aromatic carbocycles. The lowest BCUT2D eigenvalue weighted by molar-refractivity contribution is 0.489. The molecule has 0 bridgehead atoms. The van der Waals surface area contributed by atoms with E-state index in [-0.39, 0.29) is 0 Å². The minimum absolute atomic E-state index is 0.754. The number of nitrogens with one attached hydrogen (secondary N) is 1. The predicted octanol–water partition coefficient (Wildman–Crippen LogP) is 0.0694. The summed E-state index contributed by atoms with van der Waals surface area (Å²) in [5.74, 6) is 0. The molecule has 0 amide bonds. The molecule has 2 heterocycles. The minimum Gasteiger partial charge on any atom is -0.311 e. The summed E-state index contributed by atoms with van der Waals surface area (Å²) in [7, 11) is 0. The second kappa shape index (κ2) is 6.09. The maximum Gasteiger partial charge on any atom is 0.137 e. The fourth-order valence-corrected chi connectivity index (χ4v) is 1.48. The fourth-order valence-electron chi connectivity index (χ4n) is 1.48. The zero-order chi connectivity index (χ0) is 11.9. The van der Waals surface area contributed by atoms with E-state index in [9.17, 15) is 0 Å². The molecule has 7 nitrogen and oxygen atoms in total. The van der Waals surface area contributed by atoms with E-state index in [4.69, 9.17) is 0 Å². The van der Waals surface area contributed by atoms with E-state index in [1.54, 1.807) is 11.0 Å². The Bertz CT molecular complexity index is 420. The second-order valence-electron chi connectivity index (χ2n) is 3.81. The second-order valence-corrected chi connectivity index (χ2v) is 3.81. The molecule has 0 aliphatic carbocycles. The van der Waals surface area contributed by atoms with Gasteiger partial charge in [-0.25, -0.2) is 4.98 Å². The van der Waals surface area contributed by atoms with Crippen LogP contribution in [0, 0.1) is 0 Å². The number of rotatable bonds is 7. The van der Waals surface area contributed by atoms with Crippen molar-refractivity contribution in [3.8, 4) is 0 Å². The summed E-state index contributed by atoms with van der Waals surface area (Å²) in [5, 5.41) is 15.5. The molecule has 0 radical (unpaired) electrons.